The van der Waals surface area contributed by atoms with Crippen molar-refractivity contribution in [3.05, 3.63) is 70.4 Å². The fraction of sp³-hybridized carbons (Fsp3) is 0.385. The number of carbonyl (C=O) groups excluding carboxylic acids is 1. The maximum atomic E-state index is 13.6. The Labute approximate surface area is 193 Å². The summed E-state index contributed by atoms with van der Waals surface area (Å²) < 4.78 is 5.92. The van der Waals surface area contributed by atoms with Gasteiger partial charge in [0.25, 0.3) is 5.91 Å². The van der Waals surface area contributed by atoms with Crippen molar-refractivity contribution in [2.45, 2.75) is 57.5 Å². The van der Waals surface area contributed by atoms with E-state index < -0.39 is 0 Å². The largest absolute Gasteiger partial charge is 0.494 e. The average molecular weight is 450 g/mol. The molecule has 3 aromatic rings. The number of aromatic nitrogens is 2. The molecule has 0 bridgehead atoms. The van der Waals surface area contributed by atoms with Gasteiger partial charge in [0.2, 0.25) is 0 Å². The van der Waals surface area contributed by atoms with Crippen molar-refractivity contribution in [1.29, 1.82) is 0 Å². The molecule has 1 saturated carbocycles. The molecule has 5 rings (SSSR count). The Morgan fingerprint density at radius 2 is 1.91 bits per heavy atom. The fourth-order valence-electron chi connectivity index (χ4n) is 5.05. The van der Waals surface area contributed by atoms with Gasteiger partial charge >= 0.3 is 0 Å². The lowest BCUT2D eigenvalue weighted by molar-refractivity contribution is 0.0606. The molecule has 1 N–H and O–H groups in total. The fourth-order valence-corrected chi connectivity index (χ4v) is 5.18. The van der Waals surface area contributed by atoms with E-state index in [2.05, 4.69) is 34.2 Å². The van der Waals surface area contributed by atoms with Crippen LogP contribution in [0.5, 0.6) is 5.75 Å². The number of halogens is 1. The van der Waals surface area contributed by atoms with Gasteiger partial charge in [-0.1, -0.05) is 62.1 Å². The van der Waals surface area contributed by atoms with Gasteiger partial charge < -0.3 is 9.64 Å². The number of nitrogens with one attached hydrogen (secondary N) is 1. The quantitative estimate of drug-likeness (QED) is 0.473. The minimum absolute atomic E-state index is 0.0458. The van der Waals surface area contributed by atoms with Gasteiger partial charge in [0, 0.05) is 22.2 Å². The van der Waals surface area contributed by atoms with Crippen LogP contribution >= 0.6 is 11.6 Å². The van der Waals surface area contributed by atoms with Gasteiger partial charge in [-0.25, -0.2) is 0 Å². The van der Waals surface area contributed by atoms with E-state index in [9.17, 15) is 4.79 Å². The number of hydrogen-bond donors (Lipinski definition) is 1. The molecule has 0 spiro atoms. The first kappa shape index (κ1) is 21.1. The average Bonchev–Trinajstić information content (AvgIpc) is 3.38. The van der Waals surface area contributed by atoms with E-state index in [1.807, 2.05) is 36.4 Å². The second-order valence-electron chi connectivity index (χ2n) is 8.70. The third-order valence-electron chi connectivity index (χ3n) is 6.54. The topological polar surface area (TPSA) is 58.2 Å². The van der Waals surface area contributed by atoms with Crippen molar-refractivity contribution in [3.63, 3.8) is 0 Å². The zero-order valence-corrected chi connectivity index (χ0v) is 19.1. The molecule has 2 aliphatic rings. The zero-order valence-electron chi connectivity index (χ0n) is 18.3. The van der Waals surface area contributed by atoms with Crippen molar-refractivity contribution in [1.82, 2.24) is 15.1 Å². The van der Waals surface area contributed by atoms with Gasteiger partial charge in [-0.3, -0.25) is 9.89 Å². The Kier molecular flexibility index (Phi) is 5.92. The summed E-state index contributed by atoms with van der Waals surface area (Å²) in [5.74, 6) is 0.884. The highest BCUT2D eigenvalue weighted by molar-refractivity contribution is 6.30. The van der Waals surface area contributed by atoms with Crippen LogP contribution in [0, 0.1) is 0 Å². The van der Waals surface area contributed by atoms with Crippen molar-refractivity contribution >= 4 is 17.5 Å². The summed E-state index contributed by atoms with van der Waals surface area (Å²) in [5, 5.41) is 8.31. The first-order valence-corrected chi connectivity index (χ1v) is 11.9. The molecule has 1 fully saturated rings. The third-order valence-corrected chi connectivity index (χ3v) is 6.79. The lowest BCUT2D eigenvalue weighted by atomic mass is 9.91. The molecular weight excluding hydrogens is 422 g/mol. The highest BCUT2D eigenvalue weighted by Crippen LogP contribution is 2.46. The standard InChI is InChI=1S/C26H28ClN3O2/c1-2-15-32-21-10-6-7-18(16-21)25-22-23(17-11-13-19(27)14-12-17)28-29-24(22)26(31)30(25)20-8-4-3-5-9-20/h6-7,10-14,16,20,25H,2-5,8-9,15H2,1H3,(H,28,29). The van der Waals surface area contributed by atoms with Crippen molar-refractivity contribution in [2.24, 2.45) is 0 Å². The van der Waals surface area contributed by atoms with E-state index in [4.69, 9.17) is 16.3 Å². The number of carbonyl (C=O) groups is 1. The number of rotatable bonds is 6. The first-order chi connectivity index (χ1) is 15.7. The van der Waals surface area contributed by atoms with Crippen LogP contribution in [0.4, 0.5) is 0 Å². The van der Waals surface area contributed by atoms with Crippen LogP contribution < -0.4 is 4.74 Å². The molecule has 1 aliphatic carbocycles. The lowest BCUT2D eigenvalue weighted by Crippen LogP contribution is -2.40. The molecule has 1 unspecified atom stereocenters. The Morgan fingerprint density at radius 1 is 1.12 bits per heavy atom. The number of amides is 1. The normalized spacial score (nSPS) is 18.8. The van der Waals surface area contributed by atoms with Gasteiger partial charge in [0.05, 0.1) is 18.3 Å². The predicted molar refractivity (Wildman–Crippen MR) is 126 cm³/mol. The SMILES string of the molecule is CCCOc1cccc(C2c3c(-c4ccc(Cl)cc4)n[nH]c3C(=O)N2C2CCCCC2)c1. The van der Waals surface area contributed by atoms with Gasteiger partial charge in [-0.2, -0.15) is 5.10 Å². The molecule has 32 heavy (non-hydrogen) atoms. The number of ether oxygens (including phenoxy) is 1. The second kappa shape index (κ2) is 8.99. The van der Waals surface area contributed by atoms with Crippen LogP contribution in [0.15, 0.2) is 48.5 Å². The van der Waals surface area contributed by atoms with Gasteiger partial charge in [0.15, 0.2) is 0 Å². The number of H-pyrrole nitrogens is 1. The molecule has 1 atom stereocenters. The molecule has 5 nitrogen and oxygen atoms in total. The molecule has 1 amide bonds. The van der Waals surface area contributed by atoms with E-state index in [0.717, 1.165) is 60.2 Å². The van der Waals surface area contributed by atoms with Crippen LogP contribution in [-0.2, 0) is 0 Å². The smallest absolute Gasteiger partial charge is 0.273 e. The van der Waals surface area contributed by atoms with E-state index >= 15 is 0 Å². The van der Waals surface area contributed by atoms with E-state index in [1.54, 1.807) is 0 Å². The lowest BCUT2D eigenvalue weighted by Gasteiger charge is -2.36. The number of nitrogens with zero attached hydrogens (tertiary/aromatic N) is 2. The van der Waals surface area contributed by atoms with Gasteiger partial charge in [-0.05, 0) is 49.1 Å². The minimum Gasteiger partial charge on any atom is -0.494 e. The minimum atomic E-state index is -0.185. The highest BCUT2D eigenvalue weighted by atomic mass is 35.5. The molecule has 0 saturated heterocycles. The third kappa shape index (κ3) is 3.79. The monoisotopic (exact) mass is 449 g/mol. The summed E-state index contributed by atoms with van der Waals surface area (Å²) in [5.41, 5.74) is 4.38. The summed E-state index contributed by atoms with van der Waals surface area (Å²) in [6, 6.07) is 15.9. The van der Waals surface area contributed by atoms with Gasteiger partial charge in [-0.15, -0.1) is 0 Å². The van der Waals surface area contributed by atoms with Crippen LogP contribution in [0.25, 0.3) is 11.3 Å². The zero-order chi connectivity index (χ0) is 22.1. The molecule has 1 aromatic heterocycles. The number of fused-ring (bicyclic) bond motifs is 1. The summed E-state index contributed by atoms with van der Waals surface area (Å²) >= 11 is 6.12. The molecule has 2 heterocycles. The highest BCUT2D eigenvalue weighted by Gasteiger charge is 2.45. The van der Waals surface area contributed by atoms with Crippen molar-refractivity contribution < 1.29 is 9.53 Å². The summed E-state index contributed by atoms with van der Waals surface area (Å²) in [6.45, 7) is 2.77. The van der Waals surface area contributed by atoms with Crippen molar-refractivity contribution in [2.75, 3.05) is 6.61 Å². The van der Waals surface area contributed by atoms with Crippen LogP contribution in [-0.4, -0.2) is 33.7 Å². The van der Waals surface area contributed by atoms with E-state index in [-0.39, 0.29) is 18.0 Å². The number of hydrogen-bond acceptors (Lipinski definition) is 3. The first-order valence-electron chi connectivity index (χ1n) is 11.6. The number of aromatic amines is 1. The van der Waals surface area contributed by atoms with E-state index in [1.165, 1.54) is 6.42 Å². The van der Waals surface area contributed by atoms with Crippen LogP contribution in [0.2, 0.25) is 5.02 Å². The number of benzene rings is 2. The Bertz CT molecular complexity index is 1100. The maximum Gasteiger partial charge on any atom is 0.273 e. The van der Waals surface area contributed by atoms with Crippen molar-refractivity contribution in [3.8, 4) is 17.0 Å². The Morgan fingerprint density at radius 3 is 2.66 bits per heavy atom. The summed E-state index contributed by atoms with van der Waals surface area (Å²) in [4.78, 5) is 15.7. The molecule has 166 valence electrons. The Balaban J connectivity index is 1.62. The van der Waals surface area contributed by atoms with Crippen LogP contribution in [0.1, 0.15) is 73.1 Å². The molecule has 1 aliphatic heterocycles. The molecule has 0 radical (unpaired) electrons. The molecule has 2 aromatic carbocycles. The molecular formula is C26H28ClN3O2. The predicted octanol–water partition coefficient (Wildman–Crippen LogP) is 6.40. The van der Waals surface area contributed by atoms with Gasteiger partial charge in [0.1, 0.15) is 11.4 Å². The summed E-state index contributed by atoms with van der Waals surface area (Å²) in [6.07, 6.45) is 6.61. The maximum absolute atomic E-state index is 13.6. The Hall–Kier alpha value is -2.79. The second-order valence-corrected chi connectivity index (χ2v) is 9.13. The van der Waals surface area contributed by atoms with Crippen LogP contribution in [0.3, 0.4) is 0 Å². The van der Waals surface area contributed by atoms with E-state index in [0.29, 0.717) is 17.3 Å². The summed E-state index contributed by atoms with van der Waals surface area (Å²) in [7, 11) is 0. The molecule has 6 heteroatoms.